The SMILES string of the molecule is NCC(=O)N(c1cc(F)ccc1Cc1ccc(F)cc1)c1cncc(F)c1OCC1CNC(C=COC(=O)NCC(F)(F)F)CO1. The standard InChI is InChI=1S/C30H29F6N5O5/c31-20-4-1-18(2-5-20)9-19-3-6-21(32)10-25(19)41(27(42)11-37)26-14-38-13-24(33)28(26)46-16-23-12-39-22(15-45-23)7-8-44-29(43)40-17-30(34,35)36/h1-8,10,13-14,22-23,39H,9,11-12,15-17,37H2,(H,40,43). The Bertz CT molecular complexity index is 1530. The molecule has 10 nitrogen and oxygen atoms in total. The molecule has 1 aromatic heterocycles. The van der Waals surface area contributed by atoms with Crippen molar-refractivity contribution in [3.63, 3.8) is 0 Å². The monoisotopic (exact) mass is 653 g/mol. The van der Waals surface area contributed by atoms with Crippen molar-refractivity contribution in [2.75, 3.05) is 37.7 Å². The maximum Gasteiger partial charge on any atom is 0.412 e. The number of carbonyl (C=O) groups is 2. The molecule has 0 bridgehead atoms. The van der Waals surface area contributed by atoms with E-state index in [1.165, 1.54) is 48.7 Å². The molecule has 3 aromatic rings. The zero-order chi connectivity index (χ0) is 33.3. The van der Waals surface area contributed by atoms with Crippen LogP contribution in [0.15, 0.2) is 67.2 Å². The second-order valence-corrected chi connectivity index (χ2v) is 9.96. The molecule has 1 aliphatic heterocycles. The van der Waals surface area contributed by atoms with Gasteiger partial charge in [-0.15, -0.1) is 0 Å². The van der Waals surface area contributed by atoms with Crippen LogP contribution in [0.2, 0.25) is 0 Å². The molecule has 1 saturated heterocycles. The molecule has 46 heavy (non-hydrogen) atoms. The number of ether oxygens (including phenoxy) is 3. The van der Waals surface area contributed by atoms with Crippen LogP contribution in [-0.2, 0) is 20.7 Å². The quantitative estimate of drug-likeness (QED) is 0.207. The molecule has 2 amide bonds. The molecule has 0 spiro atoms. The number of halogens is 6. The van der Waals surface area contributed by atoms with E-state index in [9.17, 15) is 31.5 Å². The number of morpholine rings is 1. The summed E-state index contributed by atoms with van der Waals surface area (Å²) >= 11 is 0. The molecule has 0 aliphatic carbocycles. The number of aromatic nitrogens is 1. The van der Waals surface area contributed by atoms with Gasteiger partial charge < -0.3 is 30.6 Å². The van der Waals surface area contributed by atoms with E-state index < -0.39 is 60.9 Å². The fraction of sp³-hybridized carbons (Fsp3) is 0.300. The highest BCUT2D eigenvalue weighted by Crippen LogP contribution is 2.38. The van der Waals surface area contributed by atoms with Gasteiger partial charge in [0, 0.05) is 6.54 Å². The average molecular weight is 654 g/mol. The summed E-state index contributed by atoms with van der Waals surface area (Å²) in [6, 6.07) is 8.87. The Morgan fingerprint density at radius 2 is 1.83 bits per heavy atom. The van der Waals surface area contributed by atoms with Crippen LogP contribution in [0.25, 0.3) is 0 Å². The highest BCUT2D eigenvalue weighted by molar-refractivity contribution is 6.03. The lowest BCUT2D eigenvalue weighted by atomic mass is 10.0. The van der Waals surface area contributed by atoms with Crippen molar-refractivity contribution < 1.29 is 50.1 Å². The van der Waals surface area contributed by atoms with Crippen LogP contribution in [-0.4, -0.2) is 68.2 Å². The molecule has 2 aromatic carbocycles. The number of hydrogen-bond donors (Lipinski definition) is 3. The van der Waals surface area contributed by atoms with Crippen molar-refractivity contribution in [3.05, 3.63) is 95.8 Å². The van der Waals surface area contributed by atoms with Crippen LogP contribution in [0.3, 0.4) is 0 Å². The second kappa shape index (κ2) is 15.6. The maximum atomic E-state index is 15.2. The first-order valence-electron chi connectivity index (χ1n) is 13.8. The van der Waals surface area contributed by atoms with Gasteiger partial charge in [0.05, 0.1) is 43.5 Å². The van der Waals surface area contributed by atoms with Crippen LogP contribution < -0.4 is 26.0 Å². The summed E-state index contributed by atoms with van der Waals surface area (Å²) in [6.07, 6.45) is -1.98. The molecule has 0 saturated carbocycles. The molecule has 2 heterocycles. The van der Waals surface area contributed by atoms with Gasteiger partial charge in [0.2, 0.25) is 5.91 Å². The zero-order valence-electron chi connectivity index (χ0n) is 24.0. The molecule has 1 aliphatic rings. The molecular formula is C30H29F6N5O5. The van der Waals surface area contributed by atoms with E-state index in [4.69, 9.17) is 15.2 Å². The van der Waals surface area contributed by atoms with E-state index in [1.807, 2.05) is 0 Å². The van der Waals surface area contributed by atoms with Crippen LogP contribution in [0.5, 0.6) is 5.75 Å². The van der Waals surface area contributed by atoms with Crippen LogP contribution in [0.4, 0.5) is 42.5 Å². The summed E-state index contributed by atoms with van der Waals surface area (Å²) in [5, 5.41) is 4.60. The molecule has 4 N–H and O–H groups in total. The molecule has 2 atom stereocenters. The van der Waals surface area contributed by atoms with Gasteiger partial charge >= 0.3 is 12.3 Å². The Kier molecular flexibility index (Phi) is 11.6. The first-order chi connectivity index (χ1) is 21.9. The van der Waals surface area contributed by atoms with Crippen molar-refractivity contribution >= 4 is 23.4 Å². The minimum Gasteiger partial charge on any atom is -0.485 e. The largest absolute Gasteiger partial charge is 0.485 e. The summed E-state index contributed by atoms with van der Waals surface area (Å²) in [7, 11) is 0. The van der Waals surface area contributed by atoms with Crippen molar-refractivity contribution in [1.29, 1.82) is 0 Å². The van der Waals surface area contributed by atoms with E-state index in [-0.39, 0.29) is 43.3 Å². The van der Waals surface area contributed by atoms with E-state index >= 15 is 4.39 Å². The van der Waals surface area contributed by atoms with E-state index in [0.717, 1.165) is 23.4 Å². The van der Waals surface area contributed by atoms with E-state index in [0.29, 0.717) is 11.1 Å². The number of rotatable bonds is 11. The lowest BCUT2D eigenvalue weighted by molar-refractivity contribution is -0.123. The van der Waals surface area contributed by atoms with Crippen molar-refractivity contribution in [2.24, 2.45) is 5.73 Å². The summed E-state index contributed by atoms with van der Waals surface area (Å²) in [5.74, 6) is -3.15. The fourth-order valence-corrected chi connectivity index (χ4v) is 4.38. The van der Waals surface area contributed by atoms with Gasteiger partial charge in [0.15, 0.2) is 11.6 Å². The zero-order valence-corrected chi connectivity index (χ0v) is 24.0. The minimum atomic E-state index is -4.58. The highest BCUT2D eigenvalue weighted by atomic mass is 19.4. The minimum absolute atomic E-state index is 0.0392. The third kappa shape index (κ3) is 9.66. The number of amides is 2. The topological polar surface area (TPSA) is 128 Å². The first-order valence-corrected chi connectivity index (χ1v) is 13.8. The molecule has 0 radical (unpaired) electrons. The normalized spacial score (nSPS) is 16.7. The Balaban J connectivity index is 1.46. The summed E-state index contributed by atoms with van der Waals surface area (Å²) < 4.78 is 95.7. The number of carbonyl (C=O) groups excluding carboxylic acids is 2. The number of anilines is 2. The van der Waals surface area contributed by atoms with Gasteiger partial charge in [0.1, 0.15) is 36.6 Å². The lowest BCUT2D eigenvalue weighted by Crippen LogP contribution is -2.47. The number of hydrogen-bond acceptors (Lipinski definition) is 8. The number of nitrogens with zero attached hydrogens (tertiary/aromatic N) is 2. The number of nitrogens with one attached hydrogen (secondary N) is 2. The molecular weight excluding hydrogens is 624 g/mol. The van der Waals surface area contributed by atoms with Gasteiger partial charge in [-0.05, 0) is 47.9 Å². The highest BCUT2D eigenvalue weighted by Gasteiger charge is 2.29. The van der Waals surface area contributed by atoms with Crippen molar-refractivity contribution in [2.45, 2.75) is 24.7 Å². The third-order valence-corrected chi connectivity index (χ3v) is 6.55. The van der Waals surface area contributed by atoms with Crippen molar-refractivity contribution in [3.8, 4) is 5.75 Å². The number of nitrogens with two attached hydrogens (primary N) is 1. The summed E-state index contributed by atoms with van der Waals surface area (Å²) in [6.45, 7) is -2.06. The number of pyridine rings is 1. The lowest BCUT2D eigenvalue weighted by Gasteiger charge is -2.30. The van der Waals surface area contributed by atoms with Gasteiger partial charge in [-0.3, -0.25) is 14.7 Å². The molecule has 16 heteroatoms. The molecule has 2 unspecified atom stereocenters. The number of alkyl halides is 3. The Morgan fingerprint density at radius 3 is 2.50 bits per heavy atom. The van der Waals surface area contributed by atoms with E-state index in [2.05, 4.69) is 15.0 Å². The smallest absolute Gasteiger partial charge is 0.412 e. The Hall–Kier alpha value is -4.67. The van der Waals surface area contributed by atoms with Crippen LogP contribution in [0, 0.1) is 17.5 Å². The molecule has 4 rings (SSSR count). The first kappa shape index (κ1) is 34.2. The Morgan fingerprint density at radius 1 is 1.09 bits per heavy atom. The predicted octanol–water partition coefficient (Wildman–Crippen LogP) is 4.25. The summed E-state index contributed by atoms with van der Waals surface area (Å²) in [4.78, 5) is 29.4. The molecule has 246 valence electrons. The van der Waals surface area contributed by atoms with Gasteiger partial charge in [-0.25, -0.2) is 18.0 Å². The average Bonchev–Trinajstić information content (AvgIpc) is 3.02. The van der Waals surface area contributed by atoms with Gasteiger partial charge in [-0.2, -0.15) is 13.2 Å². The van der Waals surface area contributed by atoms with Crippen molar-refractivity contribution in [1.82, 2.24) is 15.6 Å². The molecule has 1 fully saturated rings. The third-order valence-electron chi connectivity index (χ3n) is 6.55. The Labute approximate surface area is 259 Å². The summed E-state index contributed by atoms with van der Waals surface area (Å²) in [5.41, 5.74) is 6.71. The van der Waals surface area contributed by atoms with Gasteiger partial charge in [-0.1, -0.05) is 18.2 Å². The van der Waals surface area contributed by atoms with Crippen LogP contribution in [0.1, 0.15) is 11.1 Å². The second-order valence-electron chi connectivity index (χ2n) is 9.96. The maximum absolute atomic E-state index is 15.2. The van der Waals surface area contributed by atoms with Gasteiger partial charge in [0.25, 0.3) is 0 Å². The van der Waals surface area contributed by atoms with Crippen LogP contribution >= 0.6 is 0 Å². The van der Waals surface area contributed by atoms with E-state index in [1.54, 1.807) is 5.32 Å². The predicted molar refractivity (Wildman–Crippen MR) is 153 cm³/mol. The number of alkyl carbamates (subject to hydrolysis) is 1. The number of benzene rings is 2. The fourth-order valence-electron chi connectivity index (χ4n) is 4.38.